The molecule has 1 atom stereocenters. The molecule has 0 aliphatic carbocycles. The summed E-state index contributed by atoms with van der Waals surface area (Å²) in [6, 6.07) is 7.00. The number of amides is 2. The van der Waals surface area contributed by atoms with Crippen LogP contribution in [-0.4, -0.2) is 24.4 Å². The topological polar surface area (TPSA) is 84.2 Å². The van der Waals surface area contributed by atoms with Gasteiger partial charge in [-0.2, -0.15) is 0 Å². The van der Waals surface area contributed by atoms with Crippen molar-refractivity contribution in [2.24, 2.45) is 0 Å². The molecular formula is C15H19N3O2S. The van der Waals surface area contributed by atoms with E-state index in [1.807, 2.05) is 31.2 Å². The van der Waals surface area contributed by atoms with Crippen molar-refractivity contribution in [3.05, 3.63) is 29.1 Å². The maximum absolute atomic E-state index is 12.3. The Hall–Kier alpha value is -2.08. The number of carbonyl (C=O) groups excluding carboxylic acids is 2. The minimum atomic E-state index is -0.589. The summed E-state index contributed by atoms with van der Waals surface area (Å²) in [6.45, 7) is 4.23. The van der Waals surface area contributed by atoms with E-state index < -0.39 is 6.04 Å². The van der Waals surface area contributed by atoms with Gasteiger partial charge in [0.15, 0.2) is 0 Å². The van der Waals surface area contributed by atoms with Gasteiger partial charge >= 0.3 is 0 Å². The lowest BCUT2D eigenvalue weighted by Crippen LogP contribution is -2.44. The molecule has 0 spiro atoms. The quantitative estimate of drug-likeness (QED) is 0.791. The summed E-state index contributed by atoms with van der Waals surface area (Å²) in [5, 5.41) is 6.31. The second kappa shape index (κ2) is 6.58. The minimum absolute atomic E-state index is 0.190. The Bertz CT molecular complexity index is 666. The van der Waals surface area contributed by atoms with E-state index in [2.05, 4.69) is 10.6 Å². The monoisotopic (exact) mass is 305 g/mol. The van der Waals surface area contributed by atoms with Gasteiger partial charge in [0.25, 0.3) is 5.91 Å². The molecule has 1 aromatic carbocycles. The molecule has 21 heavy (non-hydrogen) atoms. The number of benzene rings is 1. The SMILES string of the molecule is CCCNC(=O)C(C)NC(=O)c1sc2ccccc2c1N. The van der Waals surface area contributed by atoms with Crippen LogP contribution in [0, 0.1) is 0 Å². The first-order valence-electron chi connectivity index (χ1n) is 6.90. The van der Waals surface area contributed by atoms with Gasteiger partial charge < -0.3 is 16.4 Å². The highest BCUT2D eigenvalue weighted by Gasteiger charge is 2.20. The number of anilines is 1. The third-order valence-corrected chi connectivity index (χ3v) is 4.32. The van der Waals surface area contributed by atoms with Gasteiger partial charge in [-0.15, -0.1) is 11.3 Å². The highest BCUT2D eigenvalue weighted by molar-refractivity contribution is 7.21. The number of rotatable bonds is 5. The summed E-state index contributed by atoms with van der Waals surface area (Å²) >= 11 is 1.33. The van der Waals surface area contributed by atoms with Gasteiger partial charge in [-0.05, 0) is 19.4 Å². The number of thiophene rings is 1. The van der Waals surface area contributed by atoms with E-state index in [1.54, 1.807) is 6.92 Å². The zero-order chi connectivity index (χ0) is 15.4. The molecule has 2 aromatic rings. The zero-order valence-electron chi connectivity index (χ0n) is 12.1. The predicted molar refractivity (Wildman–Crippen MR) is 86.5 cm³/mol. The second-order valence-electron chi connectivity index (χ2n) is 4.83. The fourth-order valence-corrected chi connectivity index (χ4v) is 2.99. The molecule has 0 aliphatic heterocycles. The first-order chi connectivity index (χ1) is 10.0. The third kappa shape index (κ3) is 3.33. The predicted octanol–water partition coefficient (Wildman–Crippen LogP) is 2.13. The van der Waals surface area contributed by atoms with E-state index in [0.29, 0.717) is 17.1 Å². The third-order valence-electron chi connectivity index (χ3n) is 3.13. The molecule has 1 aromatic heterocycles. The molecule has 1 heterocycles. The molecule has 5 nitrogen and oxygen atoms in total. The average Bonchev–Trinajstić information content (AvgIpc) is 2.82. The molecular weight excluding hydrogens is 286 g/mol. The Morgan fingerprint density at radius 2 is 2.05 bits per heavy atom. The van der Waals surface area contributed by atoms with Crippen molar-refractivity contribution in [2.45, 2.75) is 26.3 Å². The molecule has 2 rings (SSSR count). The molecule has 0 fully saturated rings. The summed E-state index contributed by atoms with van der Waals surface area (Å²) in [4.78, 5) is 24.5. The Morgan fingerprint density at radius 1 is 1.33 bits per heavy atom. The normalized spacial score (nSPS) is 12.1. The molecule has 2 amide bonds. The highest BCUT2D eigenvalue weighted by atomic mass is 32.1. The van der Waals surface area contributed by atoms with Gasteiger partial charge in [-0.3, -0.25) is 9.59 Å². The first-order valence-corrected chi connectivity index (χ1v) is 7.71. The molecule has 0 saturated carbocycles. The highest BCUT2D eigenvalue weighted by Crippen LogP contribution is 2.33. The number of nitrogen functional groups attached to an aromatic ring is 1. The number of nitrogens with one attached hydrogen (secondary N) is 2. The van der Waals surface area contributed by atoms with Crippen LogP contribution in [0.1, 0.15) is 29.9 Å². The Morgan fingerprint density at radius 3 is 2.71 bits per heavy atom. The zero-order valence-corrected chi connectivity index (χ0v) is 12.9. The Labute approximate surface area is 127 Å². The van der Waals surface area contributed by atoms with Gasteiger partial charge in [0.1, 0.15) is 10.9 Å². The molecule has 4 N–H and O–H groups in total. The molecule has 0 radical (unpaired) electrons. The first kappa shape index (κ1) is 15.3. The minimum Gasteiger partial charge on any atom is -0.397 e. The average molecular weight is 305 g/mol. The summed E-state index contributed by atoms with van der Waals surface area (Å²) in [5.41, 5.74) is 6.49. The smallest absolute Gasteiger partial charge is 0.264 e. The van der Waals surface area contributed by atoms with Gasteiger partial charge in [0.05, 0.1) is 5.69 Å². The number of carbonyl (C=O) groups is 2. The van der Waals surface area contributed by atoms with Crippen LogP contribution < -0.4 is 16.4 Å². The van der Waals surface area contributed by atoms with Gasteiger partial charge in [-0.25, -0.2) is 0 Å². The van der Waals surface area contributed by atoms with E-state index >= 15 is 0 Å². The van der Waals surface area contributed by atoms with Crippen molar-refractivity contribution < 1.29 is 9.59 Å². The largest absolute Gasteiger partial charge is 0.397 e. The number of fused-ring (bicyclic) bond motifs is 1. The van der Waals surface area contributed by atoms with Crippen molar-refractivity contribution in [3.8, 4) is 0 Å². The van der Waals surface area contributed by atoms with E-state index in [1.165, 1.54) is 11.3 Å². The van der Waals surface area contributed by atoms with Crippen LogP contribution in [0.25, 0.3) is 10.1 Å². The number of hydrogen-bond acceptors (Lipinski definition) is 4. The van der Waals surface area contributed by atoms with Crippen molar-refractivity contribution >= 4 is 38.9 Å². The second-order valence-corrected chi connectivity index (χ2v) is 5.88. The van der Waals surface area contributed by atoms with E-state index in [0.717, 1.165) is 16.5 Å². The molecule has 6 heteroatoms. The summed E-state index contributed by atoms with van der Waals surface area (Å²) < 4.78 is 0.961. The van der Waals surface area contributed by atoms with Crippen LogP contribution in [0.3, 0.4) is 0 Å². The summed E-state index contributed by atoms with van der Waals surface area (Å²) in [6.07, 6.45) is 0.857. The molecule has 0 bridgehead atoms. The van der Waals surface area contributed by atoms with Crippen molar-refractivity contribution in [1.82, 2.24) is 10.6 Å². The molecule has 1 unspecified atom stereocenters. The number of nitrogens with two attached hydrogens (primary N) is 1. The Kier molecular flexibility index (Phi) is 4.80. The van der Waals surface area contributed by atoms with Crippen LogP contribution in [0.15, 0.2) is 24.3 Å². The van der Waals surface area contributed by atoms with Crippen molar-refractivity contribution in [1.29, 1.82) is 0 Å². The lowest BCUT2D eigenvalue weighted by Gasteiger charge is -2.13. The maximum Gasteiger partial charge on any atom is 0.264 e. The maximum atomic E-state index is 12.3. The number of hydrogen-bond donors (Lipinski definition) is 3. The lowest BCUT2D eigenvalue weighted by molar-refractivity contribution is -0.122. The molecule has 112 valence electrons. The lowest BCUT2D eigenvalue weighted by atomic mass is 10.2. The van der Waals surface area contributed by atoms with Gasteiger partial charge in [0, 0.05) is 16.6 Å². The summed E-state index contributed by atoms with van der Waals surface area (Å²) in [5.74, 6) is -0.502. The van der Waals surface area contributed by atoms with Gasteiger partial charge in [-0.1, -0.05) is 25.1 Å². The van der Waals surface area contributed by atoms with Crippen LogP contribution in [0.5, 0.6) is 0 Å². The van der Waals surface area contributed by atoms with Crippen LogP contribution in [0.4, 0.5) is 5.69 Å². The molecule has 0 saturated heterocycles. The standard InChI is InChI=1S/C15H19N3O2S/c1-3-8-17-14(19)9(2)18-15(20)13-12(16)10-6-4-5-7-11(10)21-13/h4-7,9H,3,8,16H2,1-2H3,(H,17,19)(H,18,20). The van der Waals surface area contributed by atoms with E-state index in [-0.39, 0.29) is 11.8 Å². The molecule has 0 aliphatic rings. The van der Waals surface area contributed by atoms with Crippen LogP contribution >= 0.6 is 11.3 Å². The fourth-order valence-electron chi connectivity index (χ4n) is 1.96. The van der Waals surface area contributed by atoms with Crippen LogP contribution in [-0.2, 0) is 4.79 Å². The van der Waals surface area contributed by atoms with Crippen molar-refractivity contribution in [3.63, 3.8) is 0 Å². The van der Waals surface area contributed by atoms with E-state index in [9.17, 15) is 9.59 Å². The fraction of sp³-hybridized carbons (Fsp3) is 0.333. The summed E-state index contributed by atoms with van der Waals surface area (Å²) in [7, 11) is 0. The van der Waals surface area contributed by atoms with Gasteiger partial charge in [0.2, 0.25) is 5.91 Å². The van der Waals surface area contributed by atoms with Crippen LogP contribution in [0.2, 0.25) is 0 Å². The Balaban J connectivity index is 2.12. The van der Waals surface area contributed by atoms with Crippen molar-refractivity contribution in [2.75, 3.05) is 12.3 Å². The van der Waals surface area contributed by atoms with E-state index in [4.69, 9.17) is 5.73 Å².